The molecule has 2 heterocycles. The fraction of sp³-hybridized carbons (Fsp3) is 0.478. The van der Waals surface area contributed by atoms with E-state index < -0.39 is 16.9 Å². The number of benzene rings is 1. The third-order valence-electron chi connectivity index (χ3n) is 6.23. The number of piperidine rings is 1. The number of carbonyl (C=O) groups excluding carboxylic acids is 1. The molecular formula is C23H30ClI2N2O4P. The summed E-state index contributed by atoms with van der Waals surface area (Å²) in [4.78, 5) is 18.1. The van der Waals surface area contributed by atoms with Crippen LogP contribution in [0.25, 0.3) is 0 Å². The number of rotatable bonds is 2. The number of fused-ring (bicyclic) bond motifs is 2. The van der Waals surface area contributed by atoms with Crippen molar-refractivity contribution in [3.05, 3.63) is 63.9 Å². The topological polar surface area (TPSA) is 79.7 Å². The number of nitrogens with zero attached hydrogens (tertiary/aromatic N) is 2. The van der Waals surface area contributed by atoms with Crippen LogP contribution in [0.1, 0.15) is 50.1 Å². The first-order valence-corrected chi connectivity index (χ1v) is 17.2. The largest absolute Gasteiger partial charge is 0.453 e. The van der Waals surface area contributed by atoms with Crippen LogP contribution in [0.4, 0.5) is 4.79 Å². The average Bonchev–Trinajstić information content (AvgIpc) is 2.95. The number of hydrogen-bond acceptors (Lipinski definition) is 5. The third-order valence-corrected chi connectivity index (χ3v) is 7.58. The molecule has 0 saturated carbocycles. The molecule has 1 N–H and O–H groups in total. The van der Waals surface area contributed by atoms with Crippen molar-refractivity contribution in [3.8, 4) is 0 Å². The second-order valence-corrected chi connectivity index (χ2v) is 9.08. The zero-order valence-corrected chi connectivity index (χ0v) is 22.8. The Morgan fingerprint density at radius 1 is 1.18 bits per heavy atom. The van der Waals surface area contributed by atoms with Crippen LogP contribution in [0, 0.1) is 0 Å². The van der Waals surface area contributed by atoms with Gasteiger partial charge in [0.15, 0.2) is 8.46 Å². The number of likely N-dealkylation sites (tertiary alicyclic amines) is 1. The standard InChI is InChI=1S/C21H22ClN2O4P.2CH4.I2/c1-28-19(25)24-11-8-20(29-27,9-12-24)21(26)17-7-6-16(22)13-15(17)5-4-14-3-2-10-23-18(14)21;;;1-2/h2-3,6-7,10,13,26H,4-5,8-9,11-12H2,1H3;2*1H4;. The number of aliphatic hydroxyl groups is 1. The molecule has 2 aromatic rings. The summed E-state index contributed by atoms with van der Waals surface area (Å²) in [5.74, 6) is 0. The highest BCUT2D eigenvalue weighted by molar-refractivity contribution is 15.0. The molecule has 4 rings (SSSR count). The number of ether oxygens (including phenoxy) is 1. The Bertz CT molecular complexity index is 973. The molecule has 0 spiro atoms. The first kappa shape index (κ1) is 30.5. The van der Waals surface area contributed by atoms with Crippen LogP contribution in [0.2, 0.25) is 5.02 Å². The molecule has 182 valence electrons. The van der Waals surface area contributed by atoms with Gasteiger partial charge < -0.3 is 14.7 Å². The van der Waals surface area contributed by atoms with Crippen LogP contribution in [0.15, 0.2) is 36.5 Å². The molecule has 0 radical (unpaired) electrons. The SMILES string of the molecule is C.C.COC(=O)N1CCC(P=O)(C2(O)c3ccc(Cl)cc3CCc3cccnc32)CC1.II. The minimum atomic E-state index is -1.56. The summed E-state index contributed by atoms with van der Waals surface area (Å²) in [7, 11) is 1.16. The average molecular weight is 719 g/mol. The second-order valence-electron chi connectivity index (χ2n) is 7.60. The van der Waals surface area contributed by atoms with Gasteiger partial charge in [-0.3, -0.25) is 9.55 Å². The van der Waals surface area contributed by atoms with Crippen molar-refractivity contribution >= 4 is 63.4 Å². The summed E-state index contributed by atoms with van der Waals surface area (Å²) in [5.41, 5.74) is 1.52. The molecule has 1 unspecified atom stereocenters. The van der Waals surface area contributed by atoms with E-state index in [0.29, 0.717) is 55.1 Å². The number of aryl methyl sites for hydroxylation is 2. The van der Waals surface area contributed by atoms with Crippen molar-refractivity contribution in [2.75, 3.05) is 20.2 Å². The van der Waals surface area contributed by atoms with E-state index in [2.05, 4.69) is 42.2 Å². The molecule has 1 fully saturated rings. The van der Waals surface area contributed by atoms with E-state index in [1.807, 2.05) is 24.3 Å². The fourth-order valence-electron chi connectivity index (χ4n) is 4.66. The molecule has 1 aromatic heterocycles. The van der Waals surface area contributed by atoms with E-state index in [4.69, 9.17) is 16.3 Å². The van der Waals surface area contributed by atoms with Crippen molar-refractivity contribution in [1.82, 2.24) is 9.88 Å². The monoisotopic (exact) mass is 718 g/mol. The summed E-state index contributed by atoms with van der Waals surface area (Å²) in [6, 6.07) is 9.25. The van der Waals surface area contributed by atoms with Crippen LogP contribution in [-0.4, -0.2) is 46.4 Å². The molecule has 2 aliphatic rings. The van der Waals surface area contributed by atoms with Gasteiger partial charge in [-0.05, 0) is 60.6 Å². The van der Waals surface area contributed by atoms with E-state index in [-0.39, 0.29) is 23.3 Å². The smallest absolute Gasteiger partial charge is 0.409 e. The number of methoxy groups -OCH3 is 1. The Hall–Kier alpha value is -0.550. The Labute approximate surface area is 226 Å². The number of halogens is 3. The summed E-state index contributed by atoms with van der Waals surface area (Å²) < 4.78 is 17.5. The van der Waals surface area contributed by atoms with E-state index in [1.165, 1.54) is 7.11 Å². The predicted octanol–water partition coefficient (Wildman–Crippen LogP) is 7.01. The van der Waals surface area contributed by atoms with Crippen LogP contribution >= 0.6 is 57.3 Å². The molecule has 1 aromatic carbocycles. The maximum absolute atomic E-state index is 12.7. The summed E-state index contributed by atoms with van der Waals surface area (Å²) in [6.07, 6.45) is 3.35. The summed E-state index contributed by atoms with van der Waals surface area (Å²) in [6.45, 7) is 0.685. The molecule has 1 aliphatic heterocycles. The van der Waals surface area contributed by atoms with Crippen molar-refractivity contribution in [1.29, 1.82) is 0 Å². The normalized spacial score (nSPS) is 20.5. The molecule has 6 nitrogen and oxygen atoms in total. The van der Waals surface area contributed by atoms with Crippen molar-refractivity contribution in [3.63, 3.8) is 0 Å². The van der Waals surface area contributed by atoms with Gasteiger partial charge in [0, 0.05) is 61.5 Å². The van der Waals surface area contributed by atoms with Crippen LogP contribution in [-0.2, 0) is 27.7 Å². The lowest BCUT2D eigenvalue weighted by atomic mass is 9.71. The number of carbonyl (C=O) groups is 1. The summed E-state index contributed by atoms with van der Waals surface area (Å²) >= 11 is 10.5. The van der Waals surface area contributed by atoms with Gasteiger partial charge in [0.1, 0.15) is 5.60 Å². The number of amides is 1. The van der Waals surface area contributed by atoms with Gasteiger partial charge in [-0.2, -0.15) is 0 Å². The Morgan fingerprint density at radius 2 is 1.82 bits per heavy atom. The van der Waals surface area contributed by atoms with Crippen molar-refractivity contribution in [2.45, 2.75) is 51.3 Å². The lowest BCUT2D eigenvalue weighted by Crippen LogP contribution is -2.56. The van der Waals surface area contributed by atoms with Gasteiger partial charge in [-0.15, -0.1) is 0 Å². The molecule has 1 atom stereocenters. The maximum Gasteiger partial charge on any atom is 0.409 e. The van der Waals surface area contributed by atoms with Crippen LogP contribution in [0.5, 0.6) is 0 Å². The molecule has 1 amide bonds. The van der Waals surface area contributed by atoms with Gasteiger partial charge in [-0.25, -0.2) is 4.79 Å². The highest BCUT2D eigenvalue weighted by Crippen LogP contribution is 2.54. The van der Waals surface area contributed by atoms with Gasteiger partial charge in [0.05, 0.1) is 18.0 Å². The van der Waals surface area contributed by atoms with Crippen LogP contribution in [0.3, 0.4) is 0 Å². The van der Waals surface area contributed by atoms with Crippen molar-refractivity contribution < 1.29 is 19.2 Å². The number of hydrogen-bond donors (Lipinski definition) is 1. The zero-order valence-electron chi connectivity index (χ0n) is 16.9. The molecule has 1 saturated heterocycles. The molecule has 33 heavy (non-hydrogen) atoms. The Morgan fingerprint density at radius 3 is 2.42 bits per heavy atom. The molecular weight excluding hydrogens is 688 g/mol. The minimum Gasteiger partial charge on any atom is -0.453 e. The lowest BCUT2D eigenvalue weighted by Gasteiger charge is -2.47. The van der Waals surface area contributed by atoms with Crippen molar-refractivity contribution in [2.24, 2.45) is 0 Å². The number of pyridine rings is 1. The second kappa shape index (κ2) is 13.0. The lowest BCUT2D eigenvalue weighted by molar-refractivity contribution is 0.000533. The number of aromatic nitrogens is 1. The highest BCUT2D eigenvalue weighted by atomic mass is 128. The van der Waals surface area contributed by atoms with E-state index in [9.17, 15) is 14.5 Å². The van der Waals surface area contributed by atoms with E-state index >= 15 is 0 Å². The molecule has 0 bridgehead atoms. The highest BCUT2D eigenvalue weighted by Gasteiger charge is 2.58. The summed E-state index contributed by atoms with van der Waals surface area (Å²) in [5, 5.41) is 11.9. The predicted molar refractivity (Wildman–Crippen MR) is 151 cm³/mol. The Kier molecular flexibility index (Phi) is 12.0. The van der Waals surface area contributed by atoms with E-state index in [0.717, 1.165) is 11.1 Å². The quantitative estimate of drug-likeness (QED) is 0.267. The Balaban J connectivity index is 0.00000133. The molecule has 1 aliphatic carbocycles. The van der Waals surface area contributed by atoms with Gasteiger partial charge in [0.2, 0.25) is 0 Å². The maximum atomic E-state index is 12.7. The van der Waals surface area contributed by atoms with E-state index in [1.54, 1.807) is 17.2 Å². The molecule has 10 heteroatoms. The third kappa shape index (κ3) is 5.50. The minimum absolute atomic E-state index is 0. The zero-order chi connectivity index (χ0) is 22.6. The van der Waals surface area contributed by atoms with Gasteiger partial charge >= 0.3 is 6.09 Å². The van der Waals surface area contributed by atoms with Gasteiger partial charge in [-0.1, -0.05) is 38.6 Å². The van der Waals surface area contributed by atoms with Gasteiger partial charge in [0.25, 0.3) is 0 Å². The first-order valence-electron chi connectivity index (χ1n) is 9.72. The first-order chi connectivity index (χ1) is 14.9. The fourth-order valence-corrected chi connectivity index (χ4v) is 5.60. The van der Waals surface area contributed by atoms with Crippen LogP contribution < -0.4 is 0 Å².